The fourth-order valence-corrected chi connectivity index (χ4v) is 3.24. The Labute approximate surface area is 163 Å². The summed E-state index contributed by atoms with van der Waals surface area (Å²) in [7, 11) is 1.72. The van der Waals surface area contributed by atoms with Crippen molar-refractivity contribution in [3.8, 4) is 25.2 Å². The fraction of sp³-hybridized carbons (Fsp3) is 0.409. The lowest BCUT2D eigenvalue weighted by molar-refractivity contribution is 0.226. The first-order valence-electron chi connectivity index (χ1n) is 8.54. The van der Waals surface area contributed by atoms with Crippen LogP contribution in [0.5, 0.6) is 0 Å². The van der Waals surface area contributed by atoms with Gasteiger partial charge in [0.25, 0.3) is 0 Å². The predicted molar refractivity (Wildman–Crippen MR) is 118 cm³/mol. The molecule has 0 saturated carbocycles. The van der Waals surface area contributed by atoms with Crippen molar-refractivity contribution >= 4 is 17.6 Å². The molecule has 0 aliphatic carbocycles. The van der Waals surface area contributed by atoms with Crippen LogP contribution >= 0.6 is 11.8 Å². The average molecular weight is 371 g/mol. The van der Waals surface area contributed by atoms with Gasteiger partial charge in [-0.05, 0) is 37.5 Å². The van der Waals surface area contributed by atoms with Crippen molar-refractivity contribution in [3.05, 3.63) is 47.1 Å². The fourth-order valence-electron chi connectivity index (χ4n) is 2.25. The van der Waals surface area contributed by atoms with Gasteiger partial charge in [0.15, 0.2) is 0 Å². The van der Waals surface area contributed by atoms with Gasteiger partial charge >= 0.3 is 0 Å². The minimum Gasteiger partial charge on any atom is -0.380 e. The SMILES string of the molecule is C#C.C#C/C=C(C)\C=C(/COC)CSC/C(=C\C=C/C)C1=NCCCN1. The van der Waals surface area contributed by atoms with Gasteiger partial charge < -0.3 is 10.1 Å². The Bertz CT molecular complexity index is 616. The van der Waals surface area contributed by atoms with Crippen LogP contribution in [0.1, 0.15) is 20.3 Å². The monoisotopic (exact) mass is 370 g/mol. The van der Waals surface area contributed by atoms with Gasteiger partial charge in [-0.25, -0.2) is 0 Å². The maximum Gasteiger partial charge on any atom is 0.124 e. The molecule has 1 rings (SSSR count). The van der Waals surface area contributed by atoms with Gasteiger partial charge in [0.1, 0.15) is 5.84 Å². The van der Waals surface area contributed by atoms with Crippen LogP contribution in [0.4, 0.5) is 0 Å². The summed E-state index contributed by atoms with van der Waals surface area (Å²) >= 11 is 1.86. The molecule has 0 amide bonds. The summed E-state index contributed by atoms with van der Waals surface area (Å²) in [5.41, 5.74) is 3.55. The van der Waals surface area contributed by atoms with E-state index >= 15 is 0 Å². The molecule has 0 aromatic heterocycles. The second-order valence-electron chi connectivity index (χ2n) is 5.51. The number of methoxy groups -OCH3 is 1. The highest BCUT2D eigenvalue weighted by Gasteiger charge is 2.10. The summed E-state index contributed by atoms with van der Waals surface area (Å²) in [5.74, 6) is 5.41. The van der Waals surface area contributed by atoms with Crippen LogP contribution in [0.15, 0.2) is 52.1 Å². The number of nitrogens with one attached hydrogen (secondary N) is 1. The molecule has 0 aromatic rings. The lowest BCUT2D eigenvalue weighted by Crippen LogP contribution is -2.31. The Morgan fingerprint density at radius 3 is 2.73 bits per heavy atom. The number of rotatable bonds is 9. The van der Waals surface area contributed by atoms with E-state index in [4.69, 9.17) is 11.2 Å². The van der Waals surface area contributed by atoms with Gasteiger partial charge in [0.05, 0.1) is 6.61 Å². The average Bonchev–Trinajstić information content (AvgIpc) is 2.67. The Morgan fingerprint density at radius 1 is 1.38 bits per heavy atom. The van der Waals surface area contributed by atoms with E-state index in [1.165, 1.54) is 11.1 Å². The second kappa shape index (κ2) is 16.3. The Morgan fingerprint density at radius 2 is 2.15 bits per heavy atom. The van der Waals surface area contributed by atoms with Gasteiger partial charge in [-0.3, -0.25) is 4.99 Å². The van der Waals surface area contributed by atoms with Crippen LogP contribution in [-0.4, -0.2) is 44.1 Å². The van der Waals surface area contributed by atoms with Crippen LogP contribution in [0.25, 0.3) is 0 Å². The molecule has 0 saturated heterocycles. The van der Waals surface area contributed by atoms with Crippen molar-refractivity contribution in [1.82, 2.24) is 5.32 Å². The van der Waals surface area contributed by atoms with Crippen molar-refractivity contribution in [2.75, 3.05) is 38.3 Å². The third-order valence-electron chi connectivity index (χ3n) is 3.31. The molecule has 26 heavy (non-hydrogen) atoms. The molecule has 4 heteroatoms. The van der Waals surface area contributed by atoms with E-state index in [-0.39, 0.29) is 0 Å². The van der Waals surface area contributed by atoms with Crippen molar-refractivity contribution in [2.45, 2.75) is 20.3 Å². The normalized spacial score (nSPS) is 15.5. The van der Waals surface area contributed by atoms with Crippen LogP contribution < -0.4 is 5.32 Å². The summed E-state index contributed by atoms with van der Waals surface area (Å²) in [4.78, 5) is 4.61. The standard InChI is InChI=1S/C20H28N2OS.C2H2/c1-5-7-10-19(20-21-11-8-12-22-20)16-24-15-18(14-23-4)13-17(3)9-6-2;1-2/h2,5,7,9-10,13H,8,11-12,14-16H2,1,3-4H3,(H,21,22);1-2H/b7-5-,17-9-,18-13+,19-10+;. The van der Waals surface area contributed by atoms with Gasteiger partial charge in [-0.2, -0.15) is 11.8 Å². The lowest BCUT2D eigenvalue weighted by Gasteiger charge is -2.17. The minimum atomic E-state index is 0.621. The van der Waals surface area contributed by atoms with Crippen LogP contribution in [0.3, 0.4) is 0 Å². The van der Waals surface area contributed by atoms with Crippen LogP contribution in [0.2, 0.25) is 0 Å². The van der Waals surface area contributed by atoms with E-state index in [1.54, 1.807) is 13.2 Å². The molecule has 0 fully saturated rings. The van der Waals surface area contributed by atoms with Crippen molar-refractivity contribution in [2.24, 2.45) is 4.99 Å². The van der Waals surface area contributed by atoms with E-state index < -0.39 is 0 Å². The zero-order chi connectivity index (χ0) is 19.6. The molecule has 1 heterocycles. The first kappa shape index (κ1) is 23.9. The van der Waals surface area contributed by atoms with Crippen LogP contribution in [-0.2, 0) is 4.74 Å². The number of aliphatic imine (C=N–C) groups is 1. The van der Waals surface area contributed by atoms with E-state index in [0.29, 0.717) is 6.61 Å². The van der Waals surface area contributed by atoms with Gasteiger partial charge in [-0.15, -0.1) is 19.3 Å². The van der Waals surface area contributed by atoms with Crippen molar-refractivity contribution in [3.63, 3.8) is 0 Å². The van der Waals surface area contributed by atoms with Crippen molar-refractivity contribution < 1.29 is 4.74 Å². The largest absolute Gasteiger partial charge is 0.380 e. The molecular formula is C22H30N2OS. The third kappa shape index (κ3) is 10.7. The number of nitrogens with zero attached hydrogens (tertiary/aromatic N) is 1. The molecule has 3 nitrogen and oxygen atoms in total. The number of allylic oxidation sites excluding steroid dienone is 6. The first-order chi connectivity index (χ1) is 12.7. The highest BCUT2D eigenvalue weighted by Crippen LogP contribution is 2.16. The summed E-state index contributed by atoms with van der Waals surface area (Å²) in [6, 6.07) is 0. The zero-order valence-corrected chi connectivity index (χ0v) is 16.9. The number of hydrogen-bond acceptors (Lipinski definition) is 4. The van der Waals surface area contributed by atoms with E-state index in [2.05, 4.69) is 47.3 Å². The topological polar surface area (TPSA) is 33.6 Å². The minimum absolute atomic E-state index is 0.621. The summed E-state index contributed by atoms with van der Waals surface area (Å²) in [5, 5.41) is 3.40. The molecule has 0 radical (unpaired) electrons. The third-order valence-corrected chi connectivity index (χ3v) is 4.40. The lowest BCUT2D eigenvalue weighted by atomic mass is 10.2. The van der Waals surface area contributed by atoms with E-state index in [9.17, 15) is 0 Å². The Balaban J connectivity index is 0.00000301. The number of thioether (sulfide) groups is 1. The number of terminal acetylenes is 2. The molecular weight excluding hydrogens is 340 g/mol. The molecule has 1 N–H and O–H groups in total. The molecule has 1 aliphatic heterocycles. The quantitative estimate of drug-likeness (QED) is 0.492. The highest BCUT2D eigenvalue weighted by atomic mass is 32.2. The molecule has 0 aromatic carbocycles. The summed E-state index contributed by atoms with van der Waals surface area (Å²) in [6.07, 6.45) is 24.6. The summed E-state index contributed by atoms with van der Waals surface area (Å²) < 4.78 is 5.30. The molecule has 0 bridgehead atoms. The number of amidine groups is 1. The van der Waals surface area contributed by atoms with Gasteiger partial charge in [-0.1, -0.05) is 30.2 Å². The van der Waals surface area contributed by atoms with Gasteiger partial charge in [0.2, 0.25) is 0 Å². The molecule has 0 unspecified atom stereocenters. The highest BCUT2D eigenvalue weighted by molar-refractivity contribution is 7.99. The van der Waals surface area contributed by atoms with E-state index in [1.807, 2.05) is 31.7 Å². The Hall–Kier alpha value is -2.14. The number of ether oxygens (including phenoxy) is 1. The van der Waals surface area contributed by atoms with Gasteiger partial charge in [0, 0.05) is 37.3 Å². The molecule has 0 spiro atoms. The zero-order valence-electron chi connectivity index (χ0n) is 16.1. The maximum absolute atomic E-state index is 5.32. The molecule has 0 atom stereocenters. The first-order valence-corrected chi connectivity index (χ1v) is 9.69. The molecule has 140 valence electrons. The Kier molecular flexibility index (Phi) is 15.0. The molecule has 1 aliphatic rings. The summed E-state index contributed by atoms with van der Waals surface area (Å²) in [6.45, 7) is 6.57. The van der Waals surface area contributed by atoms with Crippen LogP contribution in [0, 0.1) is 25.2 Å². The maximum atomic E-state index is 5.32. The second-order valence-corrected chi connectivity index (χ2v) is 6.50. The van der Waals surface area contributed by atoms with Crippen molar-refractivity contribution in [1.29, 1.82) is 0 Å². The smallest absolute Gasteiger partial charge is 0.124 e. The number of hydrogen-bond donors (Lipinski definition) is 1. The van der Waals surface area contributed by atoms with E-state index in [0.717, 1.165) is 42.4 Å². The predicted octanol–water partition coefficient (Wildman–Crippen LogP) is 4.02.